The fourth-order valence-corrected chi connectivity index (χ4v) is 2.98. The highest BCUT2D eigenvalue weighted by molar-refractivity contribution is 5.48. The van der Waals surface area contributed by atoms with Crippen molar-refractivity contribution in [2.75, 3.05) is 24.5 Å². The normalized spacial score (nSPS) is 29.2. The smallest absolute Gasteiger partial charge is 0.0400 e. The SMILES string of the molecule is Cc1cc(N2CC3CCCNC3C2)ccn1. The van der Waals surface area contributed by atoms with Crippen LogP contribution in [0, 0.1) is 12.8 Å². The third-order valence-corrected chi connectivity index (χ3v) is 3.84. The average Bonchev–Trinajstić information content (AvgIpc) is 2.72. The molecule has 2 unspecified atom stereocenters. The average molecular weight is 217 g/mol. The Hall–Kier alpha value is -1.09. The molecule has 3 nitrogen and oxygen atoms in total. The molecule has 2 atom stereocenters. The first-order chi connectivity index (χ1) is 7.83. The van der Waals surface area contributed by atoms with Crippen LogP contribution in [0.3, 0.4) is 0 Å². The Morgan fingerprint density at radius 2 is 2.38 bits per heavy atom. The molecule has 16 heavy (non-hydrogen) atoms. The first-order valence-corrected chi connectivity index (χ1v) is 6.24. The van der Waals surface area contributed by atoms with Crippen molar-refractivity contribution in [2.24, 2.45) is 5.92 Å². The molecule has 3 heteroatoms. The fourth-order valence-electron chi connectivity index (χ4n) is 2.98. The molecule has 0 saturated carbocycles. The highest BCUT2D eigenvalue weighted by Gasteiger charge is 2.34. The first kappa shape index (κ1) is 10.1. The number of nitrogens with one attached hydrogen (secondary N) is 1. The molecular weight excluding hydrogens is 198 g/mol. The minimum Gasteiger partial charge on any atom is -0.370 e. The van der Waals surface area contributed by atoms with Gasteiger partial charge in [-0.2, -0.15) is 0 Å². The van der Waals surface area contributed by atoms with Crippen LogP contribution in [0.15, 0.2) is 18.3 Å². The van der Waals surface area contributed by atoms with Gasteiger partial charge in [0.1, 0.15) is 0 Å². The Labute approximate surface area is 96.9 Å². The summed E-state index contributed by atoms with van der Waals surface area (Å²) in [7, 11) is 0. The third-order valence-electron chi connectivity index (χ3n) is 3.84. The second-order valence-electron chi connectivity index (χ2n) is 5.02. The van der Waals surface area contributed by atoms with Gasteiger partial charge in [-0.05, 0) is 44.4 Å². The van der Waals surface area contributed by atoms with Gasteiger partial charge in [0.15, 0.2) is 0 Å². The van der Waals surface area contributed by atoms with Crippen molar-refractivity contribution in [3.63, 3.8) is 0 Å². The lowest BCUT2D eigenvalue weighted by atomic mass is 9.94. The predicted octanol–water partition coefficient (Wildman–Crippen LogP) is 1.58. The highest BCUT2D eigenvalue weighted by atomic mass is 15.2. The van der Waals surface area contributed by atoms with E-state index in [1.54, 1.807) is 0 Å². The van der Waals surface area contributed by atoms with Crippen LogP contribution in [0.4, 0.5) is 5.69 Å². The molecule has 1 aromatic rings. The molecule has 3 rings (SSSR count). The Morgan fingerprint density at radius 3 is 3.19 bits per heavy atom. The van der Waals surface area contributed by atoms with E-state index in [0.29, 0.717) is 6.04 Å². The van der Waals surface area contributed by atoms with Gasteiger partial charge in [-0.25, -0.2) is 0 Å². The fraction of sp³-hybridized carbons (Fsp3) is 0.615. The lowest BCUT2D eigenvalue weighted by Crippen LogP contribution is -2.40. The summed E-state index contributed by atoms with van der Waals surface area (Å²) >= 11 is 0. The minimum absolute atomic E-state index is 0.710. The molecule has 2 fully saturated rings. The van der Waals surface area contributed by atoms with Gasteiger partial charge < -0.3 is 10.2 Å². The molecule has 0 radical (unpaired) electrons. The molecule has 2 aliphatic heterocycles. The molecule has 0 amide bonds. The van der Waals surface area contributed by atoms with Gasteiger partial charge >= 0.3 is 0 Å². The van der Waals surface area contributed by atoms with Crippen molar-refractivity contribution in [3.8, 4) is 0 Å². The van der Waals surface area contributed by atoms with Crippen LogP contribution in [0.1, 0.15) is 18.5 Å². The Balaban J connectivity index is 1.77. The van der Waals surface area contributed by atoms with Gasteiger partial charge in [0.25, 0.3) is 0 Å². The molecule has 0 aliphatic carbocycles. The number of pyridine rings is 1. The van der Waals surface area contributed by atoms with Crippen molar-refractivity contribution in [1.29, 1.82) is 0 Å². The van der Waals surface area contributed by atoms with Crippen molar-refractivity contribution in [3.05, 3.63) is 24.0 Å². The summed E-state index contributed by atoms with van der Waals surface area (Å²) in [6.07, 6.45) is 4.64. The van der Waals surface area contributed by atoms with E-state index in [1.807, 2.05) is 6.20 Å². The van der Waals surface area contributed by atoms with Gasteiger partial charge in [-0.3, -0.25) is 4.98 Å². The van der Waals surface area contributed by atoms with Crippen molar-refractivity contribution < 1.29 is 0 Å². The standard InChI is InChI=1S/C13H19N3/c1-10-7-12(4-6-14-10)16-8-11-3-2-5-15-13(11)9-16/h4,6-7,11,13,15H,2-3,5,8-9H2,1H3. The maximum atomic E-state index is 4.26. The van der Waals surface area contributed by atoms with Crippen LogP contribution in [0.25, 0.3) is 0 Å². The quantitative estimate of drug-likeness (QED) is 0.774. The number of aryl methyl sites for hydroxylation is 1. The molecule has 2 aliphatic rings. The lowest BCUT2D eigenvalue weighted by Gasteiger charge is -2.24. The van der Waals surface area contributed by atoms with Crippen LogP contribution in [0.5, 0.6) is 0 Å². The van der Waals surface area contributed by atoms with Gasteiger partial charge in [0.05, 0.1) is 0 Å². The van der Waals surface area contributed by atoms with Crippen molar-refractivity contribution in [2.45, 2.75) is 25.8 Å². The molecular formula is C13H19N3. The minimum atomic E-state index is 0.710. The number of aromatic nitrogens is 1. The molecule has 2 saturated heterocycles. The van der Waals surface area contributed by atoms with Gasteiger partial charge in [0.2, 0.25) is 0 Å². The largest absolute Gasteiger partial charge is 0.370 e. The van der Waals surface area contributed by atoms with Gasteiger partial charge in [-0.1, -0.05) is 0 Å². The van der Waals surface area contributed by atoms with E-state index >= 15 is 0 Å². The number of anilines is 1. The number of hydrogen-bond donors (Lipinski definition) is 1. The van der Waals surface area contributed by atoms with E-state index in [0.717, 1.165) is 18.2 Å². The van der Waals surface area contributed by atoms with Crippen LogP contribution in [-0.4, -0.2) is 30.7 Å². The lowest BCUT2D eigenvalue weighted by molar-refractivity contribution is 0.340. The summed E-state index contributed by atoms with van der Waals surface area (Å²) in [5, 5.41) is 3.64. The Kier molecular flexibility index (Phi) is 2.56. The maximum absolute atomic E-state index is 4.26. The number of piperidine rings is 1. The summed E-state index contributed by atoms with van der Waals surface area (Å²) in [5.41, 5.74) is 2.45. The summed E-state index contributed by atoms with van der Waals surface area (Å²) < 4.78 is 0. The second-order valence-corrected chi connectivity index (χ2v) is 5.02. The van der Waals surface area contributed by atoms with E-state index in [4.69, 9.17) is 0 Å². The van der Waals surface area contributed by atoms with E-state index < -0.39 is 0 Å². The molecule has 0 aromatic carbocycles. The third kappa shape index (κ3) is 1.80. The highest BCUT2D eigenvalue weighted by Crippen LogP contribution is 2.28. The molecule has 1 N–H and O–H groups in total. The summed E-state index contributed by atoms with van der Waals surface area (Å²) in [6.45, 7) is 5.63. The monoisotopic (exact) mass is 217 g/mol. The zero-order valence-corrected chi connectivity index (χ0v) is 9.82. The maximum Gasteiger partial charge on any atom is 0.0400 e. The molecule has 1 aromatic heterocycles. The van der Waals surface area contributed by atoms with Crippen LogP contribution in [0.2, 0.25) is 0 Å². The summed E-state index contributed by atoms with van der Waals surface area (Å²) in [4.78, 5) is 6.76. The van der Waals surface area contributed by atoms with Crippen molar-refractivity contribution >= 4 is 5.69 Å². The number of rotatable bonds is 1. The van der Waals surface area contributed by atoms with Crippen molar-refractivity contribution in [1.82, 2.24) is 10.3 Å². The number of nitrogens with zero attached hydrogens (tertiary/aromatic N) is 2. The molecule has 3 heterocycles. The molecule has 86 valence electrons. The van der Waals surface area contributed by atoms with Gasteiger partial charge in [-0.15, -0.1) is 0 Å². The van der Waals surface area contributed by atoms with E-state index in [2.05, 4.69) is 34.3 Å². The van der Waals surface area contributed by atoms with E-state index in [1.165, 1.54) is 31.6 Å². The predicted molar refractivity (Wildman–Crippen MR) is 65.7 cm³/mol. The van der Waals surface area contributed by atoms with E-state index in [9.17, 15) is 0 Å². The zero-order chi connectivity index (χ0) is 11.0. The second kappa shape index (κ2) is 4.06. The first-order valence-electron chi connectivity index (χ1n) is 6.24. The number of hydrogen-bond acceptors (Lipinski definition) is 3. The zero-order valence-electron chi connectivity index (χ0n) is 9.82. The molecule has 0 bridgehead atoms. The molecule has 0 spiro atoms. The van der Waals surface area contributed by atoms with Crippen LogP contribution in [-0.2, 0) is 0 Å². The summed E-state index contributed by atoms with van der Waals surface area (Å²) in [6, 6.07) is 5.03. The Bertz CT molecular complexity index is 363. The van der Waals surface area contributed by atoms with Crippen LogP contribution >= 0.6 is 0 Å². The summed E-state index contributed by atoms with van der Waals surface area (Å²) in [5.74, 6) is 0.849. The topological polar surface area (TPSA) is 28.2 Å². The Morgan fingerprint density at radius 1 is 1.44 bits per heavy atom. The number of fused-ring (bicyclic) bond motifs is 1. The van der Waals surface area contributed by atoms with Crippen LogP contribution < -0.4 is 10.2 Å². The van der Waals surface area contributed by atoms with Gasteiger partial charge in [0, 0.05) is 36.7 Å². The van der Waals surface area contributed by atoms with E-state index in [-0.39, 0.29) is 0 Å².